The van der Waals surface area contributed by atoms with Gasteiger partial charge in [0.25, 0.3) is 0 Å². The van der Waals surface area contributed by atoms with Crippen molar-refractivity contribution >= 4 is 11.9 Å². The minimum atomic E-state index is -0.978. The molecule has 0 fully saturated rings. The Balaban J connectivity index is 3.52. The first kappa shape index (κ1) is 40.7. The number of hydrogen-bond donors (Lipinski definition) is 3. The number of carbonyl (C=O) groups is 2. The standard InChI is InChI=1S/C33H64O9/c1-3-4-5-6-7-8-9-10-11-12-13-14-15-16-17-18-19-20-21-22-33(38)42-32(23-34)28-40-25-30(36)24-39-26-31(37)27-41-29(2)35/h30-32,34,36-37H,3-28H2,1-2H3. The number of rotatable bonds is 32. The van der Waals surface area contributed by atoms with Crippen LogP contribution < -0.4 is 0 Å². The van der Waals surface area contributed by atoms with Gasteiger partial charge in [0, 0.05) is 13.3 Å². The van der Waals surface area contributed by atoms with Gasteiger partial charge in [-0.2, -0.15) is 0 Å². The molecule has 250 valence electrons. The number of hydrogen-bond acceptors (Lipinski definition) is 9. The number of carbonyl (C=O) groups excluding carboxylic acids is 2. The molecule has 9 nitrogen and oxygen atoms in total. The van der Waals surface area contributed by atoms with Gasteiger partial charge in [0.1, 0.15) is 24.9 Å². The van der Waals surface area contributed by atoms with Gasteiger partial charge in [-0.1, -0.05) is 122 Å². The van der Waals surface area contributed by atoms with E-state index in [1.807, 2.05) is 0 Å². The summed E-state index contributed by atoms with van der Waals surface area (Å²) >= 11 is 0. The van der Waals surface area contributed by atoms with E-state index < -0.39 is 24.3 Å². The Bertz CT molecular complexity index is 602. The van der Waals surface area contributed by atoms with E-state index in [4.69, 9.17) is 14.2 Å². The molecule has 0 spiro atoms. The van der Waals surface area contributed by atoms with Crippen LogP contribution in [0.3, 0.4) is 0 Å². The maximum absolute atomic E-state index is 12.1. The van der Waals surface area contributed by atoms with Crippen LogP contribution in [0.15, 0.2) is 0 Å². The molecule has 0 amide bonds. The minimum absolute atomic E-state index is 0.0342. The van der Waals surface area contributed by atoms with Gasteiger partial charge in [-0.3, -0.25) is 9.59 Å². The molecular weight excluding hydrogens is 540 g/mol. The largest absolute Gasteiger partial charge is 0.463 e. The third-order valence-electron chi connectivity index (χ3n) is 7.20. The van der Waals surface area contributed by atoms with Crippen molar-refractivity contribution in [3.8, 4) is 0 Å². The number of ether oxygens (including phenoxy) is 4. The minimum Gasteiger partial charge on any atom is -0.463 e. The van der Waals surface area contributed by atoms with E-state index in [1.54, 1.807) is 0 Å². The lowest BCUT2D eigenvalue weighted by molar-refractivity contribution is -0.156. The molecular formula is C33H64O9. The fourth-order valence-corrected chi connectivity index (χ4v) is 4.70. The topological polar surface area (TPSA) is 132 Å². The number of aliphatic hydroxyl groups excluding tert-OH is 3. The van der Waals surface area contributed by atoms with Gasteiger partial charge < -0.3 is 34.3 Å². The number of unbranched alkanes of at least 4 members (excludes halogenated alkanes) is 18. The highest BCUT2D eigenvalue weighted by atomic mass is 16.6. The van der Waals surface area contributed by atoms with E-state index in [0.717, 1.165) is 19.3 Å². The highest BCUT2D eigenvalue weighted by molar-refractivity contribution is 5.69. The summed E-state index contributed by atoms with van der Waals surface area (Å²) in [5.41, 5.74) is 0. The van der Waals surface area contributed by atoms with Crippen LogP contribution in [-0.2, 0) is 28.5 Å². The molecule has 3 N–H and O–H groups in total. The van der Waals surface area contributed by atoms with Crippen LogP contribution in [0, 0.1) is 0 Å². The van der Waals surface area contributed by atoms with Gasteiger partial charge in [0.2, 0.25) is 0 Å². The molecule has 0 saturated heterocycles. The summed E-state index contributed by atoms with van der Waals surface area (Å²) in [5.74, 6) is -0.845. The summed E-state index contributed by atoms with van der Waals surface area (Å²) < 4.78 is 20.4. The molecule has 3 atom stereocenters. The lowest BCUT2D eigenvalue weighted by atomic mass is 10.0. The zero-order valence-electron chi connectivity index (χ0n) is 26.9. The summed E-state index contributed by atoms with van der Waals surface area (Å²) in [6, 6.07) is 0. The fourth-order valence-electron chi connectivity index (χ4n) is 4.70. The Hall–Kier alpha value is -1.26. The lowest BCUT2D eigenvalue weighted by Gasteiger charge is -2.18. The van der Waals surface area contributed by atoms with Crippen LogP contribution in [0.5, 0.6) is 0 Å². The molecule has 0 aliphatic rings. The molecule has 0 heterocycles. The van der Waals surface area contributed by atoms with Crippen molar-refractivity contribution in [3.63, 3.8) is 0 Å². The normalized spacial score (nSPS) is 13.5. The summed E-state index contributed by atoms with van der Waals surface area (Å²) in [6.07, 6.45) is 22.4. The highest BCUT2D eigenvalue weighted by Crippen LogP contribution is 2.15. The van der Waals surface area contributed by atoms with Crippen molar-refractivity contribution in [1.29, 1.82) is 0 Å². The smallest absolute Gasteiger partial charge is 0.306 e. The molecule has 9 heteroatoms. The quantitative estimate of drug-likeness (QED) is 0.0622. The van der Waals surface area contributed by atoms with Crippen molar-refractivity contribution in [2.45, 2.75) is 161 Å². The molecule has 0 bridgehead atoms. The maximum Gasteiger partial charge on any atom is 0.306 e. The average Bonchev–Trinajstić information content (AvgIpc) is 2.96. The SMILES string of the molecule is CCCCCCCCCCCCCCCCCCCCCC(=O)OC(CO)COCC(O)COCC(O)COC(C)=O. The van der Waals surface area contributed by atoms with E-state index in [-0.39, 0.29) is 45.6 Å². The average molecular weight is 605 g/mol. The summed E-state index contributed by atoms with van der Waals surface area (Å²) in [6.45, 7) is 2.69. The summed E-state index contributed by atoms with van der Waals surface area (Å²) in [4.78, 5) is 22.8. The van der Waals surface area contributed by atoms with Crippen molar-refractivity contribution in [1.82, 2.24) is 0 Å². The van der Waals surface area contributed by atoms with E-state index in [9.17, 15) is 24.9 Å². The molecule has 0 radical (unpaired) electrons. The van der Waals surface area contributed by atoms with Crippen molar-refractivity contribution in [3.05, 3.63) is 0 Å². The maximum atomic E-state index is 12.1. The Morgan fingerprint density at radius 3 is 1.36 bits per heavy atom. The van der Waals surface area contributed by atoms with Gasteiger partial charge in [-0.15, -0.1) is 0 Å². The predicted octanol–water partition coefficient (Wildman–Crippen LogP) is 6.03. The first-order valence-electron chi connectivity index (χ1n) is 16.8. The third-order valence-corrected chi connectivity index (χ3v) is 7.20. The van der Waals surface area contributed by atoms with Crippen LogP contribution in [-0.4, -0.2) is 85.2 Å². The monoisotopic (exact) mass is 604 g/mol. The van der Waals surface area contributed by atoms with Crippen molar-refractivity contribution < 1.29 is 43.9 Å². The molecule has 0 aromatic heterocycles. The number of esters is 2. The number of aliphatic hydroxyl groups is 3. The van der Waals surface area contributed by atoms with Gasteiger partial charge in [-0.05, 0) is 6.42 Å². The Kier molecular flexibility index (Phi) is 30.2. The second-order valence-corrected chi connectivity index (χ2v) is 11.6. The molecule has 0 aliphatic carbocycles. The molecule has 0 rings (SSSR count). The van der Waals surface area contributed by atoms with Crippen LogP contribution in [0.2, 0.25) is 0 Å². The van der Waals surface area contributed by atoms with E-state index >= 15 is 0 Å². The molecule has 42 heavy (non-hydrogen) atoms. The van der Waals surface area contributed by atoms with E-state index in [0.29, 0.717) is 6.42 Å². The summed E-state index contributed by atoms with van der Waals surface area (Å²) in [5, 5.41) is 28.9. The van der Waals surface area contributed by atoms with Crippen molar-refractivity contribution in [2.24, 2.45) is 0 Å². The van der Waals surface area contributed by atoms with E-state index in [2.05, 4.69) is 11.7 Å². The fraction of sp³-hybridized carbons (Fsp3) is 0.939. The highest BCUT2D eigenvalue weighted by Gasteiger charge is 2.15. The first-order valence-corrected chi connectivity index (χ1v) is 16.8. The second-order valence-electron chi connectivity index (χ2n) is 11.6. The second kappa shape index (κ2) is 31.2. The van der Waals surface area contributed by atoms with E-state index in [1.165, 1.54) is 110 Å². The van der Waals surface area contributed by atoms with Gasteiger partial charge in [0.05, 0.1) is 33.0 Å². The van der Waals surface area contributed by atoms with Crippen LogP contribution in [0.1, 0.15) is 142 Å². The molecule has 0 saturated carbocycles. The van der Waals surface area contributed by atoms with Gasteiger partial charge >= 0.3 is 11.9 Å². The molecule has 0 aliphatic heterocycles. The molecule has 3 unspecified atom stereocenters. The zero-order chi connectivity index (χ0) is 31.1. The molecule has 0 aromatic rings. The van der Waals surface area contributed by atoms with Gasteiger partial charge in [-0.25, -0.2) is 0 Å². The molecule has 0 aromatic carbocycles. The zero-order valence-corrected chi connectivity index (χ0v) is 26.9. The Morgan fingerprint density at radius 2 is 0.952 bits per heavy atom. The third kappa shape index (κ3) is 30.2. The lowest BCUT2D eigenvalue weighted by Crippen LogP contribution is -2.31. The van der Waals surface area contributed by atoms with Gasteiger partial charge in [0.15, 0.2) is 0 Å². The first-order chi connectivity index (χ1) is 20.4. The Morgan fingerprint density at radius 1 is 0.571 bits per heavy atom. The summed E-state index contributed by atoms with van der Waals surface area (Å²) in [7, 11) is 0. The Labute approximate surface area is 256 Å². The van der Waals surface area contributed by atoms with Crippen LogP contribution in [0.4, 0.5) is 0 Å². The predicted molar refractivity (Wildman–Crippen MR) is 165 cm³/mol. The van der Waals surface area contributed by atoms with Crippen molar-refractivity contribution in [2.75, 3.05) is 39.6 Å². The van der Waals surface area contributed by atoms with Crippen LogP contribution >= 0.6 is 0 Å². The van der Waals surface area contributed by atoms with Crippen LogP contribution in [0.25, 0.3) is 0 Å².